The summed E-state index contributed by atoms with van der Waals surface area (Å²) in [4.78, 5) is 29.7. The van der Waals surface area contributed by atoms with Gasteiger partial charge in [-0.3, -0.25) is 9.69 Å². The summed E-state index contributed by atoms with van der Waals surface area (Å²) in [6.45, 7) is 8.57. The third kappa shape index (κ3) is 7.54. The third-order valence-electron chi connectivity index (χ3n) is 7.21. The Morgan fingerprint density at radius 1 is 1.29 bits per heavy atom. The standard InChI is InChI=1S/C26H36BFN4O6/c1-25(2,31-11-13-37-14-12-31)16-20(17-29)23(33)32-10-4-9-26(32,3)18-38-24(34)30-22(27(35)36)15-19-5-7-21(28)8-6-19/h5-8,16,22,35-36H,4,9-15,18H2,1-3H3,(H,30,34)/t22-,26+/m0/s1. The van der Waals surface area contributed by atoms with E-state index >= 15 is 0 Å². The molecule has 38 heavy (non-hydrogen) atoms. The highest BCUT2D eigenvalue weighted by atomic mass is 19.1. The van der Waals surface area contributed by atoms with Crippen LogP contribution in [-0.2, 0) is 20.7 Å². The van der Waals surface area contributed by atoms with Gasteiger partial charge in [-0.05, 0) is 63.8 Å². The fourth-order valence-corrected chi connectivity index (χ4v) is 4.91. The van der Waals surface area contributed by atoms with Gasteiger partial charge in [-0.25, -0.2) is 9.18 Å². The maximum Gasteiger partial charge on any atom is 0.475 e. The van der Waals surface area contributed by atoms with Gasteiger partial charge < -0.3 is 29.7 Å². The summed E-state index contributed by atoms with van der Waals surface area (Å²) < 4.78 is 24.0. The quantitative estimate of drug-likeness (QED) is 0.248. The van der Waals surface area contributed by atoms with E-state index in [1.807, 2.05) is 13.8 Å². The highest BCUT2D eigenvalue weighted by Gasteiger charge is 2.42. The Balaban J connectivity index is 1.63. The number of nitriles is 1. The Hall–Kier alpha value is -2.98. The zero-order chi connectivity index (χ0) is 27.9. The molecular formula is C26H36BFN4O6. The molecule has 10 nitrogen and oxygen atoms in total. The van der Waals surface area contributed by atoms with Crippen molar-refractivity contribution in [3.8, 4) is 6.07 Å². The monoisotopic (exact) mass is 530 g/mol. The summed E-state index contributed by atoms with van der Waals surface area (Å²) in [6, 6.07) is 7.52. The van der Waals surface area contributed by atoms with Crippen molar-refractivity contribution in [2.75, 3.05) is 39.5 Å². The Kier molecular flexibility index (Phi) is 9.90. The molecule has 3 rings (SSSR count). The van der Waals surface area contributed by atoms with Crippen molar-refractivity contribution in [3.05, 3.63) is 47.3 Å². The largest absolute Gasteiger partial charge is 0.475 e. The van der Waals surface area contributed by atoms with Gasteiger partial charge in [-0.2, -0.15) is 5.26 Å². The van der Waals surface area contributed by atoms with Gasteiger partial charge in [-0.1, -0.05) is 12.1 Å². The zero-order valence-corrected chi connectivity index (χ0v) is 22.2. The van der Waals surface area contributed by atoms with E-state index in [0.29, 0.717) is 51.3 Å². The van der Waals surface area contributed by atoms with Gasteiger partial charge in [0.25, 0.3) is 5.91 Å². The number of ether oxygens (including phenoxy) is 2. The second-order valence-electron chi connectivity index (χ2n) is 10.6. The second kappa shape index (κ2) is 12.7. The van der Waals surface area contributed by atoms with Crippen LogP contribution < -0.4 is 5.32 Å². The number of rotatable bonds is 9. The number of amides is 2. The van der Waals surface area contributed by atoms with Crippen molar-refractivity contribution in [3.63, 3.8) is 0 Å². The minimum absolute atomic E-state index is 0.0295. The van der Waals surface area contributed by atoms with E-state index in [1.54, 1.807) is 17.9 Å². The lowest BCUT2D eigenvalue weighted by Gasteiger charge is -2.39. The zero-order valence-electron chi connectivity index (χ0n) is 22.2. The van der Waals surface area contributed by atoms with Crippen LogP contribution in [0.1, 0.15) is 39.2 Å². The third-order valence-corrected chi connectivity index (χ3v) is 7.21. The van der Waals surface area contributed by atoms with Gasteiger partial charge in [0, 0.05) is 25.2 Å². The van der Waals surface area contributed by atoms with Crippen LogP contribution >= 0.6 is 0 Å². The fraction of sp³-hybridized carbons (Fsp3) is 0.577. The summed E-state index contributed by atoms with van der Waals surface area (Å²) in [5, 5.41) is 31.7. The number of hydrogen-bond donors (Lipinski definition) is 3. The molecule has 1 aromatic carbocycles. The number of alkyl carbamates (subject to hydrolysis) is 1. The molecular weight excluding hydrogens is 494 g/mol. The minimum Gasteiger partial charge on any atom is -0.447 e. The molecule has 2 aliphatic rings. The van der Waals surface area contributed by atoms with E-state index in [-0.39, 0.29) is 18.6 Å². The first-order valence-corrected chi connectivity index (χ1v) is 12.8. The van der Waals surface area contributed by atoms with Crippen molar-refractivity contribution in [2.45, 2.75) is 57.1 Å². The summed E-state index contributed by atoms with van der Waals surface area (Å²) >= 11 is 0. The number of carbonyl (C=O) groups is 2. The lowest BCUT2D eigenvalue weighted by atomic mass is 9.76. The van der Waals surface area contributed by atoms with Crippen molar-refractivity contribution in [1.29, 1.82) is 5.26 Å². The fourth-order valence-electron chi connectivity index (χ4n) is 4.91. The normalized spacial score (nSPS) is 21.5. The Morgan fingerprint density at radius 3 is 2.55 bits per heavy atom. The maximum atomic E-state index is 13.4. The number of hydrogen-bond acceptors (Lipinski definition) is 8. The molecule has 2 aliphatic heterocycles. The minimum atomic E-state index is -1.87. The number of benzene rings is 1. The molecule has 2 heterocycles. The van der Waals surface area contributed by atoms with Gasteiger partial charge in [0.05, 0.1) is 24.7 Å². The molecule has 2 amide bonds. The molecule has 0 aliphatic carbocycles. The molecule has 2 fully saturated rings. The smallest absolute Gasteiger partial charge is 0.447 e. The van der Waals surface area contributed by atoms with E-state index in [2.05, 4.69) is 16.3 Å². The van der Waals surface area contributed by atoms with Crippen molar-refractivity contribution in [1.82, 2.24) is 15.1 Å². The van der Waals surface area contributed by atoms with E-state index < -0.39 is 42.0 Å². The van der Waals surface area contributed by atoms with E-state index in [1.165, 1.54) is 24.3 Å². The first-order chi connectivity index (χ1) is 17.9. The van der Waals surface area contributed by atoms with Crippen LogP contribution in [0.15, 0.2) is 35.9 Å². The molecule has 0 bridgehead atoms. The van der Waals surface area contributed by atoms with Crippen LogP contribution in [0.3, 0.4) is 0 Å². The molecule has 0 unspecified atom stereocenters. The Bertz CT molecular complexity index is 1050. The molecule has 2 atom stereocenters. The number of likely N-dealkylation sites (tertiary alicyclic amines) is 1. The van der Waals surface area contributed by atoms with Crippen LogP contribution in [0.4, 0.5) is 9.18 Å². The van der Waals surface area contributed by atoms with E-state index in [0.717, 1.165) is 0 Å². The van der Waals surface area contributed by atoms with E-state index in [9.17, 15) is 29.3 Å². The highest BCUT2D eigenvalue weighted by Crippen LogP contribution is 2.31. The molecule has 206 valence electrons. The van der Waals surface area contributed by atoms with Gasteiger partial charge in [0.2, 0.25) is 0 Å². The number of nitrogens with zero attached hydrogens (tertiary/aromatic N) is 3. The topological polar surface area (TPSA) is 135 Å². The number of halogens is 1. The van der Waals surface area contributed by atoms with Crippen molar-refractivity contribution in [2.24, 2.45) is 0 Å². The van der Waals surface area contributed by atoms with Gasteiger partial charge in [0.15, 0.2) is 0 Å². The summed E-state index contributed by atoms with van der Waals surface area (Å²) in [7, 11) is -1.87. The van der Waals surface area contributed by atoms with Gasteiger partial charge >= 0.3 is 13.2 Å². The molecule has 0 saturated carbocycles. The summed E-state index contributed by atoms with van der Waals surface area (Å²) in [5.41, 5.74) is -0.735. The van der Waals surface area contributed by atoms with Crippen molar-refractivity contribution < 1.29 is 33.5 Å². The van der Waals surface area contributed by atoms with Crippen LogP contribution in [0, 0.1) is 17.1 Å². The molecule has 3 N–H and O–H groups in total. The van der Waals surface area contributed by atoms with Crippen LogP contribution in [0.2, 0.25) is 0 Å². The average Bonchev–Trinajstić information content (AvgIpc) is 3.28. The molecule has 0 spiro atoms. The first-order valence-electron chi connectivity index (χ1n) is 12.8. The lowest BCUT2D eigenvalue weighted by molar-refractivity contribution is -0.131. The second-order valence-corrected chi connectivity index (χ2v) is 10.6. The number of carbonyl (C=O) groups excluding carboxylic acids is 2. The Morgan fingerprint density at radius 2 is 1.95 bits per heavy atom. The molecule has 2 saturated heterocycles. The predicted molar refractivity (Wildman–Crippen MR) is 138 cm³/mol. The lowest BCUT2D eigenvalue weighted by Crippen LogP contribution is -2.52. The Labute approximate surface area is 223 Å². The average molecular weight is 530 g/mol. The van der Waals surface area contributed by atoms with E-state index in [4.69, 9.17) is 9.47 Å². The highest BCUT2D eigenvalue weighted by molar-refractivity contribution is 6.43. The maximum absolute atomic E-state index is 13.4. The molecule has 12 heteroatoms. The van der Waals surface area contributed by atoms with Gasteiger partial charge in [-0.15, -0.1) is 0 Å². The summed E-state index contributed by atoms with van der Waals surface area (Å²) in [5.74, 6) is -1.93. The van der Waals surface area contributed by atoms with Crippen LogP contribution in [-0.4, -0.2) is 95.4 Å². The van der Waals surface area contributed by atoms with Crippen molar-refractivity contribution >= 4 is 19.1 Å². The van der Waals surface area contributed by atoms with Crippen LogP contribution in [0.25, 0.3) is 0 Å². The molecule has 0 aromatic heterocycles. The molecule has 0 radical (unpaired) electrons. The summed E-state index contributed by atoms with van der Waals surface area (Å²) in [6.07, 6.45) is 2.11. The SMILES string of the molecule is CC(C)(C=C(C#N)C(=O)N1CCC[C@]1(C)COC(=O)N[C@@H](Cc1ccc(F)cc1)B(O)O)N1CCOCC1. The molecule has 1 aromatic rings. The van der Waals surface area contributed by atoms with Gasteiger partial charge in [0.1, 0.15) is 24.1 Å². The first kappa shape index (κ1) is 29.6. The predicted octanol–water partition coefficient (Wildman–Crippen LogP) is 1.42. The van der Waals surface area contributed by atoms with Crippen LogP contribution in [0.5, 0.6) is 0 Å². The number of morpholine rings is 1. The number of nitrogens with one attached hydrogen (secondary N) is 1.